The van der Waals surface area contributed by atoms with Gasteiger partial charge in [0.1, 0.15) is 0 Å². The van der Waals surface area contributed by atoms with E-state index in [9.17, 15) is 18.0 Å². The zero-order valence-corrected chi connectivity index (χ0v) is 23.7. The summed E-state index contributed by atoms with van der Waals surface area (Å²) in [6, 6.07) is 12.8. The highest BCUT2D eigenvalue weighted by molar-refractivity contribution is 7.92. The Morgan fingerprint density at radius 3 is 2.55 bits per heavy atom. The quantitative estimate of drug-likeness (QED) is 0.530. The zero-order valence-electron chi connectivity index (χ0n) is 22.1. The lowest BCUT2D eigenvalue weighted by molar-refractivity contribution is -0.126. The van der Waals surface area contributed by atoms with E-state index in [1.54, 1.807) is 47.4 Å². The van der Waals surface area contributed by atoms with Crippen molar-refractivity contribution in [3.05, 3.63) is 71.3 Å². The molecule has 1 saturated heterocycles. The Kier molecular flexibility index (Phi) is 8.83. The number of carbonyl (C=O) groups is 2. The molecule has 1 fully saturated rings. The van der Waals surface area contributed by atoms with Gasteiger partial charge in [-0.1, -0.05) is 62.7 Å². The van der Waals surface area contributed by atoms with E-state index < -0.39 is 10.0 Å². The molecule has 4 bridgehead atoms. The third-order valence-corrected chi connectivity index (χ3v) is 9.36. The topological polar surface area (TPSA) is 86.8 Å². The Bertz CT molecular complexity index is 1310. The first-order valence-corrected chi connectivity index (χ1v) is 15.0. The second kappa shape index (κ2) is 11.9. The first kappa shape index (κ1) is 28.2. The number of para-hydroxylation sites is 1. The lowest BCUT2D eigenvalue weighted by Crippen LogP contribution is -2.43. The van der Waals surface area contributed by atoms with Gasteiger partial charge in [0.2, 0.25) is 5.91 Å². The van der Waals surface area contributed by atoms with E-state index in [0.29, 0.717) is 48.1 Å². The van der Waals surface area contributed by atoms with Gasteiger partial charge in [0, 0.05) is 24.6 Å². The Morgan fingerprint density at radius 2 is 1.82 bits per heavy atom. The predicted molar refractivity (Wildman–Crippen MR) is 151 cm³/mol. The van der Waals surface area contributed by atoms with Gasteiger partial charge in [0.15, 0.2) is 0 Å². The minimum absolute atomic E-state index is 0.0184. The molecule has 0 spiro atoms. The van der Waals surface area contributed by atoms with Crippen LogP contribution in [0.2, 0.25) is 5.02 Å². The van der Waals surface area contributed by atoms with Crippen molar-refractivity contribution in [1.29, 1.82) is 0 Å². The van der Waals surface area contributed by atoms with Crippen LogP contribution in [-0.4, -0.2) is 50.8 Å². The molecule has 2 aromatic rings. The Labute approximate surface area is 230 Å². The van der Waals surface area contributed by atoms with Crippen LogP contribution in [0.25, 0.3) is 0 Å². The van der Waals surface area contributed by atoms with E-state index in [0.717, 1.165) is 6.42 Å². The Balaban J connectivity index is 1.75. The van der Waals surface area contributed by atoms with Crippen molar-refractivity contribution in [1.82, 2.24) is 10.2 Å². The molecule has 1 unspecified atom stereocenters. The van der Waals surface area contributed by atoms with Gasteiger partial charge in [-0.15, -0.1) is 0 Å². The van der Waals surface area contributed by atoms with E-state index in [-0.39, 0.29) is 41.1 Å². The van der Waals surface area contributed by atoms with E-state index >= 15 is 0 Å². The lowest BCUT2D eigenvalue weighted by atomic mass is 9.91. The van der Waals surface area contributed by atoms with E-state index in [4.69, 9.17) is 11.6 Å². The van der Waals surface area contributed by atoms with Crippen molar-refractivity contribution in [2.24, 2.45) is 17.8 Å². The number of hydrogen-bond acceptors (Lipinski definition) is 4. The number of amides is 2. The molecule has 4 rings (SSSR count). The van der Waals surface area contributed by atoms with Gasteiger partial charge in [-0.05, 0) is 61.4 Å². The first-order chi connectivity index (χ1) is 18.1. The molecule has 7 nitrogen and oxygen atoms in total. The minimum Gasteiger partial charge on any atom is -0.351 e. The van der Waals surface area contributed by atoms with Crippen LogP contribution in [0.3, 0.4) is 0 Å². The fourth-order valence-corrected chi connectivity index (χ4v) is 6.98. The number of nitrogens with zero attached hydrogens (tertiary/aromatic N) is 2. The molecule has 38 heavy (non-hydrogen) atoms. The third kappa shape index (κ3) is 6.24. The summed E-state index contributed by atoms with van der Waals surface area (Å²) in [6.45, 7) is 7.18. The van der Waals surface area contributed by atoms with Gasteiger partial charge >= 0.3 is 0 Å². The van der Waals surface area contributed by atoms with Crippen LogP contribution in [0.1, 0.15) is 50.4 Å². The monoisotopic (exact) mass is 557 g/mol. The van der Waals surface area contributed by atoms with Crippen LogP contribution >= 0.6 is 11.6 Å². The SMILES string of the molecule is CC(C)CC1CC/C=C/CN(c2ccccc2Cl)S(=O)(=O)c2cccc(c2)C(=O)N2C[C@@H](C)[C@H](C2)NC1=O. The Morgan fingerprint density at radius 1 is 1.05 bits per heavy atom. The highest BCUT2D eigenvalue weighted by atomic mass is 35.5. The maximum absolute atomic E-state index is 13.9. The summed E-state index contributed by atoms with van der Waals surface area (Å²) >= 11 is 6.43. The third-order valence-electron chi connectivity index (χ3n) is 7.26. The summed E-state index contributed by atoms with van der Waals surface area (Å²) in [5.74, 6) is 0.0486. The number of hydrogen-bond donors (Lipinski definition) is 1. The smallest absolute Gasteiger partial charge is 0.264 e. The average molecular weight is 558 g/mol. The van der Waals surface area contributed by atoms with Crippen LogP contribution in [0, 0.1) is 17.8 Å². The number of fused-ring (bicyclic) bond motifs is 4. The standard InChI is InChI=1S/C29H36ClN3O4S/c1-20(2)16-22-10-5-4-8-15-33(27-14-7-6-13-25(27)30)38(36,37)24-12-9-11-23(17-24)29(35)32-18-21(3)26(19-32)31-28(22)34/h4,6-9,11-14,17,20-22,26H,5,10,15-16,18-19H2,1-3H3,(H,31,34)/b8-4+/t21-,22?,26+/m1/s1. The van der Waals surface area contributed by atoms with Gasteiger partial charge in [-0.25, -0.2) is 8.42 Å². The maximum atomic E-state index is 13.9. The molecule has 2 aliphatic heterocycles. The second-order valence-electron chi connectivity index (χ2n) is 10.7. The predicted octanol–water partition coefficient (Wildman–Crippen LogP) is 5.12. The van der Waals surface area contributed by atoms with Gasteiger partial charge in [-0.2, -0.15) is 0 Å². The molecule has 3 atom stereocenters. The normalized spacial score (nSPS) is 25.2. The highest BCUT2D eigenvalue weighted by Gasteiger charge is 2.35. The molecular weight excluding hydrogens is 522 g/mol. The van der Waals surface area contributed by atoms with E-state index in [1.165, 1.54) is 16.4 Å². The molecule has 0 aromatic heterocycles. The number of benzene rings is 2. The van der Waals surface area contributed by atoms with Crippen LogP contribution in [0.15, 0.2) is 65.6 Å². The van der Waals surface area contributed by atoms with Crippen LogP contribution < -0.4 is 9.62 Å². The van der Waals surface area contributed by atoms with Crippen molar-refractivity contribution in [3.63, 3.8) is 0 Å². The molecule has 9 heteroatoms. The molecule has 0 aliphatic carbocycles. The van der Waals surface area contributed by atoms with Gasteiger partial charge in [0.05, 0.1) is 28.2 Å². The summed E-state index contributed by atoms with van der Waals surface area (Å²) in [6.07, 6.45) is 5.78. The molecule has 0 radical (unpaired) electrons. The van der Waals surface area contributed by atoms with Crippen molar-refractivity contribution in [2.75, 3.05) is 23.9 Å². The van der Waals surface area contributed by atoms with E-state index in [1.807, 2.05) is 13.0 Å². The number of anilines is 1. The number of nitrogens with one attached hydrogen (secondary N) is 1. The minimum atomic E-state index is -4.03. The van der Waals surface area contributed by atoms with Gasteiger partial charge in [-0.3, -0.25) is 13.9 Å². The molecule has 2 aliphatic rings. The number of allylic oxidation sites excluding steroid dienone is 1. The molecular formula is C29H36ClN3O4S. The van der Waals surface area contributed by atoms with Crippen LogP contribution in [0.4, 0.5) is 5.69 Å². The Hall–Kier alpha value is -2.84. The van der Waals surface area contributed by atoms with Crippen molar-refractivity contribution in [2.45, 2.75) is 51.0 Å². The summed E-state index contributed by atoms with van der Waals surface area (Å²) in [4.78, 5) is 28.4. The first-order valence-electron chi connectivity index (χ1n) is 13.2. The van der Waals surface area contributed by atoms with E-state index in [2.05, 4.69) is 19.2 Å². The largest absolute Gasteiger partial charge is 0.351 e. The summed E-state index contributed by atoms with van der Waals surface area (Å²) in [7, 11) is -4.03. The maximum Gasteiger partial charge on any atom is 0.264 e. The number of rotatable bonds is 3. The second-order valence-corrected chi connectivity index (χ2v) is 13.0. The molecule has 2 heterocycles. The number of sulfonamides is 1. The van der Waals surface area contributed by atoms with Crippen molar-refractivity contribution < 1.29 is 18.0 Å². The summed E-state index contributed by atoms with van der Waals surface area (Å²) < 4.78 is 29.0. The fraction of sp³-hybridized carbons (Fsp3) is 0.448. The van der Waals surface area contributed by atoms with Crippen molar-refractivity contribution in [3.8, 4) is 0 Å². The molecule has 2 amide bonds. The molecule has 204 valence electrons. The van der Waals surface area contributed by atoms with Gasteiger partial charge < -0.3 is 10.2 Å². The molecule has 1 N–H and O–H groups in total. The average Bonchev–Trinajstić information content (AvgIpc) is 3.24. The number of carbonyl (C=O) groups excluding carboxylic acids is 2. The van der Waals surface area contributed by atoms with Crippen LogP contribution in [-0.2, 0) is 14.8 Å². The summed E-state index contributed by atoms with van der Waals surface area (Å²) in [5, 5.41) is 3.52. The molecule has 0 saturated carbocycles. The highest BCUT2D eigenvalue weighted by Crippen LogP contribution is 2.31. The van der Waals surface area contributed by atoms with Gasteiger partial charge in [0.25, 0.3) is 15.9 Å². The lowest BCUT2D eigenvalue weighted by Gasteiger charge is -2.24. The van der Waals surface area contributed by atoms with Crippen molar-refractivity contribution >= 4 is 39.1 Å². The van der Waals surface area contributed by atoms with Crippen LogP contribution in [0.5, 0.6) is 0 Å². The molecule has 2 aromatic carbocycles. The summed E-state index contributed by atoms with van der Waals surface area (Å²) in [5.41, 5.74) is 0.656. The zero-order chi connectivity index (χ0) is 27.4. The fourth-order valence-electron chi connectivity index (χ4n) is 5.21. The number of halogens is 1.